The first kappa shape index (κ1) is 12.4. The second-order valence-corrected chi connectivity index (χ2v) is 3.84. The van der Waals surface area contributed by atoms with E-state index in [1.807, 2.05) is 6.92 Å². The lowest BCUT2D eigenvalue weighted by atomic mass is 9.99. The molecule has 0 aliphatic carbocycles. The minimum atomic E-state index is -0.936. The SMILES string of the molecule is CCC(C)(Nc1ccc(OC)cc1)C(=O)O. The number of carbonyl (C=O) groups is 1. The predicted octanol–water partition coefficient (Wildman–Crippen LogP) is 2.36. The fourth-order valence-electron chi connectivity index (χ4n) is 1.29. The lowest BCUT2D eigenvalue weighted by molar-refractivity contribution is -0.141. The summed E-state index contributed by atoms with van der Waals surface area (Å²) in [5.74, 6) is -0.107. The van der Waals surface area contributed by atoms with Crippen molar-refractivity contribution in [3.8, 4) is 5.75 Å². The Hall–Kier alpha value is -1.71. The fourth-order valence-corrected chi connectivity index (χ4v) is 1.29. The highest BCUT2D eigenvalue weighted by Crippen LogP contribution is 2.21. The summed E-state index contributed by atoms with van der Waals surface area (Å²) in [5, 5.41) is 12.1. The topological polar surface area (TPSA) is 58.6 Å². The van der Waals surface area contributed by atoms with E-state index in [1.165, 1.54) is 0 Å². The van der Waals surface area contributed by atoms with Crippen molar-refractivity contribution < 1.29 is 14.6 Å². The Balaban J connectivity index is 2.82. The Kier molecular flexibility index (Phi) is 3.77. The Bertz CT molecular complexity index is 361. The third kappa shape index (κ3) is 2.66. The number of ether oxygens (including phenoxy) is 1. The van der Waals surface area contributed by atoms with Crippen LogP contribution in [0.1, 0.15) is 20.3 Å². The van der Waals surface area contributed by atoms with Crippen molar-refractivity contribution in [1.29, 1.82) is 0 Å². The van der Waals surface area contributed by atoms with Crippen LogP contribution in [0.25, 0.3) is 0 Å². The number of rotatable bonds is 5. The summed E-state index contributed by atoms with van der Waals surface area (Å²) in [4.78, 5) is 11.1. The molecule has 1 unspecified atom stereocenters. The van der Waals surface area contributed by atoms with Gasteiger partial charge in [-0.05, 0) is 37.6 Å². The minimum absolute atomic E-state index is 0.508. The van der Waals surface area contributed by atoms with Gasteiger partial charge in [-0.25, -0.2) is 4.79 Å². The third-order valence-electron chi connectivity index (χ3n) is 2.69. The van der Waals surface area contributed by atoms with Crippen LogP contribution in [0, 0.1) is 0 Å². The van der Waals surface area contributed by atoms with Crippen LogP contribution in [0.4, 0.5) is 5.69 Å². The van der Waals surface area contributed by atoms with E-state index in [9.17, 15) is 4.79 Å². The van der Waals surface area contributed by atoms with Crippen LogP contribution in [0.15, 0.2) is 24.3 Å². The third-order valence-corrected chi connectivity index (χ3v) is 2.69. The van der Waals surface area contributed by atoms with Gasteiger partial charge in [-0.1, -0.05) is 6.92 Å². The summed E-state index contributed by atoms with van der Waals surface area (Å²) in [6, 6.07) is 7.19. The van der Waals surface area contributed by atoms with Gasteiger partial charge in [0, 0.05) is 5.69 Å². The summed E-state index contributed by atoms with van der Waals surface area (Å²) in [5.41, 5.74) is -0.165. The molecule has 0 aliphatic rings. The van der Waals surface area contributed by atoms with Gasteiger partial charge in [0.25, 0.3) is 0 Å². The van der Waals surface area contributed by atoms with Gasteiger partial charge in [0.1, 0.15) is 11.3 Å². The molecule has 1 atom stereocenters. The van der Waals surface area contributed by atoms with Gasteiger partial charge in [-0.3, -0.25) is 0 Å². The van der Waals surface area contributed by atoms with Crippen molar-refractivity contribution in [2.24, 2.45) is 0 Å². The standard InChI is InChI=1S/C12H17NO3/c1-4-12(2,11(14)15)13-9-5-7-10(16-3)8-6-9/h5-8,13H,4H2,1-3H3,(H,14,15). The molecule has 88 valence electrons. The van der Waals surface area contributed by atoms with Crippen LogP contribution < -0.4 is 10.1 Å². The van der Waals surface area contributed by atoms with E-state index >= 15 is 0 Å². The maximum Gasteiger partial charge on any atom is 0.329 e. The van der Waals surface area contributed by atoms with Crippen molar-refractivity contribution >= 4 is 11.7 Å². The fraction of sp³-hybridized carbons (Fsp3) is 0.417. The lowest BCUT2D eigenvalue weighted by Gasteiger charge is -2.25. The number of nitrogens with one attached hydrogen (secondary N) is 1. The minimum Gasteiger partial charge on any atom is -0.497 e. The van der Waals surface area contributed by atoms with Crippen LogP contribution in [0.5, 0.6) is 5.75 Å². The molecular weight excluding hydrogens is 206 g/mol. The molecule has 16 heavy (non-hydrogen) atoms. The molecule has 2 N–H and O–H groups in total. The number of hydrogen-bond acceptors (Lipinski definition) is 3. The van der Waals surface area contributed by atoms with Crippen molar-refractivity contribution in [2.45, 2.75) is 25.8 Å². The molecule has 1 aromatic carbocycles. The summed E-state index contributed by atoms with van der Waals surface area (Å²) in [7, 11) is 1.59. The van der Waals surface area contributed by atoms with E-state index in [0.717, 1.165) is 11.4 Å². The van der Waals surface area contributed by atoms with Gasteiger partial charge in [-0.2, -0.15) is 0 Å². The molecule has 4 nitrogen and oxygen atoms in total. The molecule has 0 saturated heterocycles. The van der Waals surface area contributed by atoms with E-state index in [-0.39, 0.29) is 0 Å². The van der Waals surface area contributed by atoms with Crippen molar-refractivity contribution in [3.05, 3.63) is 24.3 Å². The van der Waals surface area contributed by atoms with Gasteiger partial charge in [0.2, 0.25) is 0 Å². The summed E-state index contributed by atoms with van der Waals surface area (Å²) in [6.45, 7) is 3.50. The summed E-state index contributed by atoms with van der Waals surface area (Å²) >= 11 is 0. The largest absolute Gasteiger partial charge is 0.497 e. The van der Waals surface area contributed by atoms with E-state index in [2.05, 4.69) is 5.32 Å². The molecule has 0 radical (unpaired) electrons. The Morgan fingerprint density at radius 2 is 2.00 bits per heavy atom. The smallest absolute Gasteiger partial charge is 0.329 e. The molecule has 0 heterocycles. The van der Waals surface area contributed by atoms with Crippen LogP contribution in [0.3, 0.4) is 0 Å². The average Bonchev–Trinajstić information content (AvgIpc) is 2.29. The van der Waals surface area contributed by atoms with Gasteiger partial charge < -0.3 is 15.2 Å². The number of carboxylic acid groups (broad SMARTS) is 1. The summed E-state index contributed by atoms with van der Waals surface area (Å²) in [6.07, 6.45) is 0.508. The highest BCUT2D eigenvalue weighted by molar-refractivity contribution is 5.82. The number of anilines is 1. The molecule has 0 aliphatic heterocycles. The average molecular weight is 223 g/mol. The zero-order valence-electron chi connectivity index (χ0n) is 9.78. The van der Waals surface area contributed by atoms with Crippen molar-refractivity contribution in [3.63, 3.8) is 0 Å². The molecule has 0 bridgehead atoms. The maximum absolute atomic E-state index is 11.1. The highest BCUT2D eigenvalue weighted by atomic mass is 16.5. The van der Waals surface area contributed by atoms with Gasteiger partial charge in [0.15, 0.2) is 0 Å². The monoisotopic (exact) mass is 223 g/mol. The summed E-state index contributed by atoms with van der Waals surface area (Å²) < 4.78 is 5.03. The maximum atomic E-state index is 11.1. The molecule has 0 amide bonds. The number of benzene rings is 1. The second-order valence-electron chi connectivity index (χ2n) is 3.84. The second kappa shape index (κ2) is 4.88. The molecule has 0 saturated carbocycles. The van der Waals surface area contributed by atoms with Crippen LogP contribution in [0.2, 0.25) is 0 Å². The Morgan fingerprint density at radius 3 is 2.38 bits per heavy atom. The number of aliphatic carboxylic acids is 1. The molecule has 1 rings (SSSR count). The number of methoxy groups -OCH3 is 1. The van der Waals surface area contributed by atoms with Gasteiger partial charge in [-0.15, -0.1) is 0 Å². The molecule has 0 aromatic heterocycles. The molecule has 0 spiro atoms. The highest BCUT2D eigenvalue weighted by Gasteiger charge is 2.30. The van der Waals surface area contributed by atoms with Crippen LogP contribution in [-0.2, 0) is 4.79 Å². The molecule has 0 fully saturated rings. The van der Waals surface area contributed by atoms with Gasteiger partial charge in [0.05, 0.1) is 7.11 Å². The molecule has 1 aromatic rings. The van der Waals surface area contributed by atoms with Crippen molar-refractivity contribution in [2.75, 3.05) is 12.4 Å². The zero-order chi connectivity index (χ0) is 12.2. The van der Waals surface area contributed by atoms with E-state index < -0.39 is 11.5 Å². The molecule has 4 heteroatoms. The van der Waals surface area contributed by atoms with Crippen LogP contribution >= 0.6 is 0 Å². The van der Waals surface area contributed by atoms with Gasteiger partial charge >= 0.3 is 5.97 Å². The quantitative estimate of drug-likeness (QED) is 0.804. The van der Waals surface area contributed by atoms with Crippen LogP contribution in [-0.4, -0.2) is 23.7 Å². The van der Waals surface area contributed by atoms with E-state index in [0.29, 0.717) is 6.42 Å². The first-order valence-electron chi connectivity index (χ1n) is 5.17. The van der Waals surface area contributed by atoms with E-state index in [4.69, 9.17) is 9.84 Å². The number of carboxylic acids is 1. The number of hydrogen-bond donors (Lipinski definition) is 2. The normalized spacial score (nSPS) is 13.9. The molecular formula is C12H17NO3. The van der Waals surface area contributed by atoms with E-state index in [1.54, 1.807) is 38.3 Å². The Labute approximate surface area is 95.2 Å². The Morgan fingerprint density at radius 1 is 1.44 bits per heavy atom. The first-order valence-corrected chi connectivity index (χ1v) is 5.17. The zero-order valence-corrected chi connectivity index (χ0v) is 9.78. The predicted molar refractivity (Wildman–Crippen MR) is 62.9 cm³/mol. The lowest BCUT2D eigenvalue weighted by Crippen LogP contribution is -2.42. The first-order chi connectivity index (χ1) is 7.51. The van der Waals surface area contributed by atoms with Crippen molar-refractivity contribution in [1.82, 2.24) is 0 Å².